The van der Waals surface area contributed by atoms with Crippen molar-refractivity contribution < 1.29 is 24.2 Å². The molecule has 0 saturated heterocycles. The molecule has 0 heterocycles. The van der Waals surface area contributed by atoms with Gasteiger partial charge in [0.2, 0.25) is 5.91 Å². The lowest BCUT2D eigenvalue weighted by atomic mass is 10.0. The molecule has 2 unspecified atom stereocenters. The van der Waals surface area contributed by atoms with Gasteiger partial charge in [-0.15, -0.1) is 0 Å². The van der Waals surface area contributed by atoms with Crippen LogP contribution in [0.3, 0.4) is 0 Å². The molecule has 0 aliphatic carbocycles. The van der Waals surface area contributed by atoms with Crippen LogP contribution in [0.25, 0.3) is 10.4 Å². The Morgan fingerprint density at radius 1 is 1.33 bits per heavy atom. The fourth-order valence-corrected chi connectivity index (χ4v) is 1.38. The van der Waals surface area contributed by atoms with Gasteiger partial charge in [-0.1, -0.05) is 12.0 Å². The molecule has 0 spiro atoms. The quantitative estimate of drug-likeness (QED) is 0.252. The van der Waals surface area contributed by atoms with Crippen molar-refractivity contribution >= 4 is 17.7 Å². The van der Waals surface area contributed by atoms with Crippen molar-refractivity contribution in [3.05, 3.63) is 10.4 Å². The average Bonchev–Trinajstić information content (AvgIpc) is 2.42. The largest absolute Gasteiger partial charge is 0.481 e. The number of ketones is 1. The number of carbonyl (C=O) groups is 3. The van der Waals surface area contributed by atoms with E-state index in [0.29, 0.717) is 0 Å². The van der Waals surface area contributed by atoms with Crippen LogP contribution in [0.4, 0.5) is 0 Å². The minimum Gasteiger partial charge on any atom is -0.481 e. The number of Topliss-reactive ketones (excluding diaryl/α,β-unsaturated/α-hetero) is 1. The number of nitrogens with one attached hydrogen (secondary N) is 1. The number of carboxylic acid groups (broad SMARTS) is 1. The molecular weight excluding hydrogens is 280 g/mol. The lowest BCUT2D eigenvalue weighted by Crippen LogP contribution is -2.39. The molecule has 2 atom stereocenters. The maximum absolute atomic E-state index is 11.7. The number of azide groups is 1. The Labute approximate surface area is 122 Å². The third-order valence-corrected chi connectivity index (χ3v) is 2.66. The van der Waals surface area contributed by atoms with E-state index in [0.717, 1.165) is 0 Å². The van der Waals surface area contributed by atoms with Gasteiger partial charge < -0.3 is 15.2 Å². The first kappa shape index (κ1) is 18.9. The van der Waals surface area contributed by atoms with E-state index in [2.05, 4.69) is 15.3 Å². The molecule has 0 bridgehead atoms. The second-order valence-corrected chi connectivity index (χ2v) is 4.52. The summed E-state index contributed by atoms with van der Waals surface area (Å²) >= 11 is 0. The third-order valence-electron chi connectivity index (χ3n) is 2.66. The van der Waals surface area contributed by atoms with Gasteiger partial charge in [0, 0.05) is 24.3 Å². The van der Waals surface area contributed by atoms with Gasteiger partial charge in [-0.2, -0.15) is 0 Å². The van der Waals surface area contributed by atoms with Crippen LogP contribution in [0.1, 0.15) is 26.7 Å². The molecule has 0 fully saturated rings. The number of amides is 1. The Morgan fingerprint density at radius 3 is 2.57 bits per heavy atom. The molecule has 0 radical (unpaired) electrons. The van der Waals surface area contributed by atoms with E-state index in [1.807, 2.05) is 0 Å². The lowest BCUT2D eigenvalue weighted by molar-refractivity contribution is -0.143. The highest BCUT2D eigenvalue weighted by molar-refractivity contribution is 5.90. The SMILES string of the molecule is CC(CC(=O)C(C)NC(=O)CCOCCN=[N+]=[N-])C(=O)O. The summed E-state index contributed by atoms with van der Waals surface area (Å²) in [4.78, 5) is 36.4. The number of hydrogen-bond acceptors (Lipinski definition) is 5. The molecule has 9 heteroatoms. The first-order valence-electron chi connectivity index (χ1n) is 6.52. The highest BCUT2D eigenvalue weighted by Crippen LogP contribution is 2.05. The second kappa shape index (κ2) is 10.6. The molecule has 118 valence electrons. The zero-order valence-corrected chi connectivity index (χ0v) is 12.1. The van der Waals surface area contributed by atoms with Crippen LogP contribution in [0.5, 0.6) is 0 Å². The van der Waals surface area contributed by atoms with Crippen molar-refractivity contribution in [2.24, 2.45) is 11.0 Å². The summed E-state index contributed by atoms with van der Waals surface area (Å²) in [5.74, 6) is -2.51. The number of hydrogen-bond donors (Lipinski definition) is 2. The summed E-state index contributed by atoms with van der Waals surface area (Å²) in [6, 6.07) is -0.734. The molecule has 0 rings (SSSR count). The van der Waals surface area contributed by atoms with E-state index in [1.165, 1.54) is 13.8 Å². The summed E-state index contributed by atoms with van der Waals surface area (Å²) < 4.78 is 5.06. The van der Waals surface area contributed by atoms with Gasteiger partial charge in [0.1, 0.15) is 0 Å². The van der Waals surface area contributed by atoms with E-state index < -0.39 is 17.9 Å². The van der Waals surface area contributed by atoms with E-state index in [9.17, 15) is 14.4 Å². The molecule has 0 aliphatic rings. The van der Waals surface area contributed by atoms with Crippen molar-refractivity contribution in [1.82, 2.24) is 5.32 Å². The topological polar surface area (TPSA) is 141 Å². The fourth-order valence-electron chi connectivity index (χ4n) is 1.38. The first-order valence-corrected chi connectivity index (χ1v) is 6.52. The van der Waals surface area contributed by atoms with Crippen LogP contribution in [0.15, 0.2) is 5.11 Å². The maximum Gasteiger partial charge on any atom is 0.306 e. The first-order chi connectivity index (χ1) is 9.88. The number of aliphatic carboxylic acids is 1. The van der Waals surface area contributed by atoms with Gasteiger partial charge in [-0.05, 0) is 12.5 Å². The molecule has 1 amide bonds. The van der Waals surface area contributed by atoms with Crippen molar-refractivity contribution in [2.45, 2.75) is 32.7 Å². The monoisotopic (exact) mass is 300 g/mol. The number of rotatable bonds is 11. The van der Waals surface area contributed by atoms with Crippen LogP contribution < -0.4 is 5.32 Å². The molecule has 2 N–H and O–H groups in total. The van der Waals surface area contributed by atoms with Gasteiger partial charge >= 0.3 is 5.97 Å². The molecule has 21 heavy (non-hydrogen) atoms. The third kappa shape index (κ3) is 9.42. The average molecular weight is 300 g/mol. The Morgan fingerprint density at radius 2 is 2.00 bits per heavy atom. The summed E-state index contributed by atoms with van der Waals surface area (Å²) in [7, 11) is 0. The summed E-state index contributed by atoms with van der Waals surface area (Å²) in [6.45, 7) is 3.52. The van der Waals surface area contributed by atoms with Crippen molar-refractivity contribution in [3.63, 3.8) is 0 Å². The highest BCUT2D eigenvalue weighted by Gasteiger charge is 2.21. The van der Waals surface area contributed by atoms with Gasteiger partial charge in [0.05, 0.1) is 25.2 Å². The summed E-state index contributed by atoms with van der Waals surface area (Å²) in [5, 5.41) is 14.5. The second-order valence-electron chi connectivity index (χ2n) is 4.52. The Kier molecular flexibility index (Phi) is 9.57. The number of carboxylic acids is 1. The van der Waals surface area contributed by atoms with E-state index in [1.54, 1.807) is 0 Å². The Hall–Kier alpha value is -2.12. The van der Waals surface area contributed by atoms with Crippen molar-refractivity contribution in [1.29, 1.82) is 0 Å². The van der Waals surface area contributed by atoms with Crippen LogP contribution in [0, 0.1) is 5.92 Å². The van der Waals surface area contributed by atoms with Crippen molar-refractivity contribution in [2.75, 3.05) is 19.8 Å². The zero-order chi connectivity index (χ0) is 16.3. The number of carbonyl (C=O) groups excluding carboxylic acids is 2. The summed E-state index contributed by atoms with van der Waals surface area (Å²) in [6.07, 6.45) is -0.0538. The van der Waals surface area contributed by atoms with Crippen molar-refractivity contribution in [3.8, 4) is 0 Å². The lowest BCUT2D eigenvalue weighted by Gasteiger charge is -2.14. The van der Waals surface area contributed by atoms with Gasteiger partial charge in [-0.3, -0.25) is 14.4 Å². The van der Waals surface area contributed by atoms with E-state index in [-0.39, 0.29) is 44.3 Å². The van der Waals surface area contributed by atoms with Crippen LogP contribution >= 0.6 is 0 Å². The molecule has 0 saturated carbocycles. The smallest absolute Gasteiger partial charge is 0.306 e. The predicted molar refractivity (Wildman–Crippen MR) is 73.5 cm³/mol. The van der Waals surface area contributed by atoms with Gasteiger partial charge in [-0.25, -0.2) is 0 Å². The van der Waals surface area contributed by atoms with Crippen LogP contribution in [0.2, 0.25) is 0 Å². The predicted octanol–water partition coefficient (Wildman–Crippen LogP) is 0.888. The Bertz CT molecular complexity index is 420. The minimum atomic E-state index is -1.05. The number of ether oxygens (including phenoxy) is 1. The molecule has 0 aromatic carbocycles. The van der Waals surface area contributed by atoms with Gasteiger partial charge in [0.15, 0.2) is 5.78 Å². The molecule has 0 aliphatic heterocycles. The van der Waals surface area contributed by atoms with Gasteiger partial charge in [0.25, 0.3) is 0 Å². The van der Waals surface area contributed by atoms with Crippen LogP contribution in [-0.2, 0) is 19.1 Å². The summed E-state index contributed by atoms with van der Waals surface area (Å²) in [5.41, 5.74) is 8.03. The minimum absolute atomic E-state index is 0.0718. The van der Waals surface area contributed by atoms with E-state index in [4.69, 9.17) is 15.4 Å². The molecule has 9 nitrogen and oxygen atoms in total. The standard InChI is InChI=1S/C12H20N4O5/c1-8(12(19)20)7-10(17)9(2)15-11(18)3-5-21-6-4-14-16-13/h8-9H,3-7H2,1-2H3,(H,15,18)(H,19,20). The van der Waals surface area contributed by atoms with Crippen LogP contribution in [-0.4, -0.2) is 48.6 Å². The fraction of sp³-hybridized carbons (Fsp3) is 0.750. The Balaban J connectivity index is 3.90. The normalized spacial score (nSPS) is 12.9. The van der Waals surface area contributed by atoms with E-state index >= 15 is 0 Å². The molecule has 0 aromatic heterocycles. The molecule has 0 aromatic rings. The highest BCUT2D eigenvalue weighted by atomic mass is 16.5. The number of nitrogens with zero attached hydrogens (tertiary/aromatic N) is 3. The zero-order valence-electron chi connectivity index (χ0n) is 12.1. The molecular formula is C12H20N4O5. The maximum atomic E-state index is 11.7.